The zero-order valence-electron chi connectivity index (χ0n) is 17.2. The Balaban J connectivity index is 1.97. The van der Waals surface area contributed by atoms with Gasteiger partial charge in [0.2, 0.25) is 5.91 Å². The van der Waals surface area contributed by atoms with E-state index in [1.54, 1.807) is 14.2 Å². The van der Waals surface area contributed by atoms with Crippen LogP contribution in [-0.4, -0.2) is 20.1 Å². The number of rotatable bonds is 4. The zero-order chi connectivity index (χ0) is 20.5. The zero-order valence-corrected chi connectivity index (χ0v) is 17.2. The Hall–Kier alpha value is -3.27. The number of fused-ring (bicyclic) bond motifs is 1. The number of hydrogen-bond donors (Lipinski definition) is 0. The molecule has 148 valence electrons. The van der Waals surface area contributed by atoms with Crippen LogP contribution in [-0.2, 0) is 11.2 Å². The molecule has 0 fully saturated rings. The van der Waals surface area contributed by atoms with E-state index in [0.29, 0.717) is 17.9 Å². The third-order valence-corrected chi connectivity index (χ3v) is 5.60. The van der Waals surface area contributed by atoms with E-state index in [1.165, 1.54) is 0 Å². The maximum absolute atomic E-state index is 13.3. The molecule has 1 aliphatic heterocycles. The molecular weight excluding hydrogens is 362 g/mol. The number of benzene rings is 3. The monoisotopic (exact) mass is 387 g/mol. The van der Waals surface area contributed by atoms with Gasteiger partial charge in [-0.1, -0.05) is 42.0 Å². The number of anilines is 1. The lowest BCUT2D eigenvalue weighted by Crippen LogP contribution is -2.41. The van der Waals surface area contributed by atoms with Crippen molar-refractivity contribution in [1.29, 1.82) is 0 Å². The minimum absolute atomic E-state index is 0.0711. The molecule has 4 heteroatoms. The molecule has 4 rings (SSSR count). The molecule has 0 radical (unpaired) electrons. The molecule has 3 aromatic rings. The Morgan fingerprint density at radius 3 is 2.17 bits per heavy atom. The molecule has 1 atom stereocenters. The summed E-state index contributed by atoms with van der Waals surface area (Å²) in [7, 11) is 3.26. The van der Waals surface area contributed by atoms with Gasteiger partial charge in [0.1, 0.15) is 0 Å². The molecule has 3 aromatic carbocycles. The number of amides is 1. The van der Waals surface area contributed by atoms with Crippen LogP contribution in [0.2, 0.25) is 0 Å². The van der Waals surface area contributed by atoms with Crippen molar-refractivity contribution in [1.82, 2.24) is 0 Å². The van der Waals surface area contributed by atoms with E-state index in [1.807, 2.05) is 60.4 Å². The first-order valence-electron chi connectivity index (χ1n) is 9.72. The number of aryl methyl sites for hydroxylation is 2. The standard InChI is InChI=1S/C25H25NO3/c1-16-9-11-19(12-10-16)26-24(27)14-18-13-22(28-3)23(29-4)15-21(18)25(26)20-8-6-5-7-17(20)2/h5-13,15,25H,14H2,1-4H3. The lowest BCUT2D eigenvalue weighted by molar-refractivity contribution is -0.118. The van der Waals surface area contributed by atoms with E-state index in [-0.39, 0.29) is 11.9 Å². The molecule has 0 saturated heterocycles. The van der Waals surface area contributed by atoms with Gasteiger partial charge < -0.3 is 14.4 Å². The van der Waals surface area contributed by atoms with Crippen molar-refractivity contribution < 1.29 is 14.3 Å². The number of carbonyl (C=O) groups excluding carboxylic acids is 1. The summed E-state index contributed by atoms with van der Waals surface area (Å²) in [5, 5.41) is 0. The first-order valence-corrected chi connectivity index (χ1v) is 9.72. The van der Waals surface area contributed by atoms with Crippen LogP contribution in [0.3, 0.4) is 0 Å². The Labute approximate surface area is 171 Å². The third-order valence-electron chi connectivity index (χ3n) is 5.60. The van der Waals surface area contributed by atoms with Gasteiger partial charge in [-0.3, -0.25) is 4.79 Å². The summed E-state index contributed by atoms with van der Waals surface area (Å²) in [5.74, 6) is 1.39. The molecule has 1 amide bonds. The number of nitrogens with zero attached hydrogens (tertiary/aromatic N) is 1. The Morgan fingerprint density at radius 2 is 1.52 bits per heavy atom. The highest BCUT2D eigenvalue weighted by atomic mass is 16.5. The normalized spacial score (nSPS) is 15.8. The highest BCUT2D eigenvalue weighted by molar-refractivity contribution is 5.98. The fourth-order valence-corrected chi connectivity index (χ4v) is 4.07. The van der Waals surface area contributed by atoms with E-state index < -0.39 is 0 Å². The van der Waals surface area contributed by atoms with Crippen molar-refractivity contribution in [3.05, 3.63) is 88.5 Å². The van der Waals surface area contributed by atoms with Gasteiger partial charge in [0, 0.05) is 5.69 Å². The summed E-state index contributed by atoms with van der Waals surface area (Å²) in [6.07, 6.45) is 0.325. The molecule has 0 bridgehead atoms. The lowest BCUT2D eigenvalue weighted by Gasteiger charge is -2.38. The van der Waals surface area contributed by atoms with Gasteiger partial charge in [-0.15, -0.1) is 0 Å². The van der Waals surface area contributed by atoms with E-state index >= 15 is 0 Å². The van der Waals surface area contributed by atoms with Gasteiger partial charge in [0.05, 0.1) is 26.7 Å². The number of carbonyl (C=O) groups is 1. The van der Waals surface area contributed by atoms with Crippen molar-refractivity contribution in [3.63, 3.8) is 0 Å². The summed E-state index contributed by atoms with van der Waals surface area (Å²) in [6, 6.07) is 20.1. The minimum atomic E-state index is -0.227. The van der Waals surface area contributed by atoms with E-state index in [4.69, 9.17) is 9.47 Å². The summed E-state index contributed by atoms with van der Waals surface area (Å²) in [4.78, 5) is 15.3. The van der Waals surface area contributed by atoms with Gasteiger partial charge >= 0.3 is 0 Å². The Bertz CT molecular complexity index is 1060. The Morgan fingerprint density at radius 1 is 0.862 bits per heavy atom. The van der Waals surface area contributed by atoms with Gasteiger partial charge in [-0.25, -0.2) is 0 Å². The molecule has 0 saturated carbocycles. The average molecular weight is 387 g/mol. The number of hydrogen-bond acceptors (Lipinski definition) is 3. The van der Waals surface area contributed by atoms with Crippen LogP contribution in [0, 0.1) is 13.8 Å². The maximum atomic E-state index is 13.3. The maximum Gasteiger partial charge on any atom is 0.232 e. The molecule has 1 heterocycles. The van der Waals surface area contributed by atoms with E-state index in [2.05, 4.69) is 19.1 Å². The summed E-state index contributed by atoms with van der Waals surface area (Å²) < 4.78 is 11.0. The smallest absolute Gasteiger partial charge is 0.232 e. The van der Waals surface area contributed by atoms with Crippen molar-refractivity contribution in [2.75, 3.05) is 19.1 Å². The summed E-state index contributed by atoms with van der Waals surface area (Å²) >= 11 is 0. The van der Waals surface area contributed by atoms with Crippen LogP contribution in [0.15, 0.2) is 60.7 Å². The van der Waals surface area contributed by atoms with Crippen LogP contribution < -0.4 is 14.4 Å². The van der Waals surface area contributed by atoms with Crippen LogP contribution >= 0.6 is 0 Å². The molecular formula is C25H25NO3. The van der Waals surface area contributed by atoms with Crippen LogP contribution in [0.25, 0.3) is 0 Å². The van der Waals surface area contributed by atoms with Crippen LogP contribution in [0.4, 0.5) is 5.69 Å². The van der Waals surface area contributed by atoms with Gasteiger partial charge in [0.15, 0.2) is 11.5 Å². The topological polar surface area (TPSA) is 38.8 Å². The third kappa shape index (κ3) is 3.35. The molecule has 0 aromatic heterocycles. The quantitative estimate of drug-likeness (QED) is 0.632. The molecule has 29 heavy (non-hydrogen) atoms. The molecule has 0 N–H and O–H groups in total. The molecule has 4 nitrogen and oxygen atoms in total. The largest absolute Gasteiger partial charge is 0.493 e. The predicted octanol–water partition coefficient (Wildman–Crippen LogP) is 5.00. The fraction of sp³-hybridized carbons (Fsp3) is 0.240. The Kier molecular flexibility index (Phi) is 5.01. The first kappa shape index (κ1) is 19.1. The second-order valence-corrected chi connectivity index (χ2v) is 7.44. The van der Waals surface area contributed by atoms with E-state index in [0.717, 1.165) is 33.5 Å². The molecule has 0 spiro atoms. The summed E-state index contributed by atoms with van der Waals surface area (Å²) in [5.41, 5.74) is 6.35. The van der Waals surface area contributed by atoms with Crippen molar-refractivity contribution >= 4 is 11.6 Å². The second-order valence-electron chi connectivity index (χ2n) is 7.44. The highest BCUT2D eigenvalue weighted by Crippen LogP contribution is 2.43. The van der Waals surface area contributed by atoms with Crippen LogP contribution in [0.1, 0.15) is 33.9 Å². The molecule has 1 aliphatic rings. The van der Waals surface area contributed by atoms with Gasteiger partial charge in [-0.2, -0.15) is 0 Å². The average Bonchev–Trinajstić information content (AvgIpc) is 2.73. The minimum Gasteiger partial charge on any atom is -0.493 e. The van der Waals surface area contributed by atoms with Crippen molar-refractivity contribution in [2.24, 2.45) is 0 Å². The number of ether oxygens (including phenoxy) is 2. The predicted molar refractivity (Wildman–Crippen MR) is 115 cm³/mol. The van der Waals surface area contributed by atoms with Crippen molar-refractivity contribution in [2.45, 2.75) is 26.3 Å². The summed E-state index contributed by atoms with van der Waals surface area (Å²) in [6.45, 7) is 4.13. The van der Waals surface area contributed by atoms with Gasteiger partial charge in [0.25, 0.3) is 0 Å². The van der Waals surface area contributed by atoms with Crippen LogP contribution in [0.5, 0.6) is 11.5 Å². The first-order chi connectivity index (χ1) is 14.0. The van der Waals surface area contributed by atoms with Crippen molar-refractivity contribution in [3.8, 4) is 11.5 Å². The number of methoxy groups -OCH3 is 2. The van der Waals surface area contributed by atoms with E-state index in [9.17, 15) is 4.79 Å². The second kappa shape index (κ2) is 7.63. The lowest BCUT2D eigenvalue weighted by atomic mass is 9.85. The SMILES string of the molecule is COc1cc2c(cc1OC)C(c1ccccc1C)N(c1ccc(C)cc1)C(=O)C2. The molecule has 0 aliphatic carbocycles. The van der Waals surface area contributed by atoms with Gasteiger partial charge in [-0.05, 0) is 60.4 Å². The highest BCUT2D eigenvalue weighted by Gasteiger charge is 2.36. The fourth-order valence-electron chi connectivity index (χ4n) is 4.07. The molecule has 1 unspecified atom stereocenters.